The SMILES string of the molecule is CC(=O)N1CCCc2cc(S(=O)(=O)N3CCN(C(=O)C4COc5ccccc5O4)CC3)ccc21. The standard InChI is InChI=1S/C24H27N3O6S/c1-17(28)27-10-4-5-18-15-19(8-9-20(18)27)34(30,31)26-13-11-25(12-14-26)24(29)23-16-32-21-6-2-3-7-22(21)33-23/h2-3,6-9,15,23H,4-5,10-14,16H2,1H3. The largest absolute Gasteiger partial charge is 0.485 e. The van der Waals surface area contributed by atoms with E-state index in [0.29, 0.717) is 18.0 Å². The summed E-state index contributed by atoms with van der Waals surface area (Å²) in [5.74, 6) is 0.890. The molecule has 180 valence electrons. The molecule has 0 N–H and O–H groups in total. The highest BCUT2D eigenvalue weighted by molar-refractivity contribution is 7.89. The van der Waals surface area contributed by atoms with Gasteiger partial charge >= 0.3 is 0 Å². The van der Waals surface area contributed by atoms with Gasteiger partial charge in [-0.05, 0) is 48.7 Å². The minimum Gasteiger partial charge on any atom is -0.485 e. The molecule has 2 amide bonds. The van der Waals surface area contributed by atoms with Crippen molar-refractivity contribution in [1.82, 2.24) is 9.21 Å². The van der Waals surface area contributed by atoms with Crippen LogP contribution < -0.4 is 14.4 Å². The molecular weight excluding hydrogens is 458 g/mol. The third-order valence-corrected chi connectivity index (χ3v) is 8.42. The van der Waals surface area contributed by atoms with E-state index in [4.69, 9.17) is 9.47 Å². The van der Waals surface area contributed by atoms with E-state index in [0.717, 1.165) is 24.1 Å². The molecule has 3 aliphatic rings. The van der Waals surface area contributed by atoms with Gasteiger partial charge in [-0.3, -0.25) is 9.59 Å². The second-order valence-electron chi connectivity index (χ2n) is 8.66. The summed E-state index contributed by atoms with van der Waals surface area (Å²) in [7, 11) is -3.71. The average molecular weight is 486 g/mol. The fraction of sp³-hybridized carbons (Fsp3) is 0.417. The number of carbonyl (C=O) groups is 2. The van der Waals surface area contributed by atoms with Crippen molar-refractivity contribution in [1.29, 1.82) is 0 Å². The number of piperazine rings is 1. The van der Waals surface area contributed by atoms with Crippen molar-refractivity contribution in [3.63, 3.8) is 0 Å². The lowest BCUT2D eigenvalue weighted by Crippen LogP contribution is -2.55. The molecule has 10 heteroatoms. The van der Waals surface area contributed by atoms with E-state index in [1.807, 2.05) is 12.1 Å². The molecule has 2 aromatic rings. The Balaban J connectivity index is 1.25. The lowest BCUT2D eigenvalue weighted by Gasteiger charge is -2.36. The van der Waals surface area contributed by atoms with Crippen molar-refractivity contribution in [3.05, 3.63) is 48.0 Å². The van der Waals surface area contributed by atoms with Gasteiger partial charge in [0.15, 0.2) is 11.5 Å². The number of aryl methyl sites for hydroxylation is 1. The van der Waals surface area contributed by atoms with Crippen LogP contribution in [0.3, 0.4) is 0 Å². The van der Waals surface area contributed by atoms with E-state index in [-0.39, 0.29) is 49.5 Å². The molecule has 1 saturated heterocycles. The van der Waals surface area contributed by atoms with Crippen LogP contribution in [0.25, 0.3) is 0 Å². The van der Waals surface area contributed by atoms with Gasteiger partial charge in [-0.2, -0.15) is 4.31 Å². The van der Waals surface area contributed by atoms with Gasteiger partial charge in [0, 0.05) is 45.3 Å². The Morgan fingerprint density at radius 2 is 1.71 bits per heavy atom. The number of hydrogen-bond donors (Lipinski definition) is 0. The molecule has 1 unspecified atom stereocenters. The van der Waals surface area contributed by atoms with Crippen molar-refractivity contribution in [2.75, 3.05) is 44.2 Å². The Bertz CT molecular complexity index is 1220. The maximum atomic E-state index is 13.3. The molecule has 9 nitrogen and oxygen atoms in total. The molecule has 0 radical (unpaired) electrons. The summed E-state index contributed by atoms with van der Waals surface area (Å²) in [6, 6.07) is 12.2. The van der Waals surface area contributed by atoms with Gasteiger partial charge in [-0.25, -0.2) is 8.42 Å². The predicted molar refractivity (Wildman–Crippen MR) is 124 cm³/mol. The van der Waals surface area contributed by atoms with E-state index in [1.165, 1.54) is 11.2 Å². The number of amides is 2. The first-order valence-electron chi connectivity index (χ1n) is 11.4. The molecule has 0 bridgehead atoms. The summed E-state index contributed by atoms with van der Waals surface area (Å²) in [4.78, 5) is 28.4. The van der Waals surface area contributed by atoms with Crippen LogP contribution >= 0.6 is 0 Å². The van der Waals surface area contributed by atoms with Crippen molar-refractivity contribution < 1.29 is 27.5 Å². The molecule has 1 atom stereocenters. The number of hydrogen-bond acceptors (Lipinski definition) is 6. The van der Waals surface area contributed by atoms with Crippen molar-refractivity contribution in [2.45, 2.75) is 30.8 Å². The number of anilines is 1. The zero-order valence-electron chi connectivity index (χ0n) is 19.0. The van der Waals surface area contributed by atoms with E-state index < -0.39 is 16.1 Å². The average Bonchev–Trinajstić information content (AvgIpc) is 2.87. The fourth-order valence-corrected chi connectivity index (χ4v) is 6.18. The molecule has 1 fully saturated rings. The molecular formula is C24H27N3O6S. The van der Waals surface area contributed by atoms with Crippen LogP contribution in [-0.2, 0) is 26.0 Å². The third-order valence-electron chi connectivity index (χ3n) is 6.52. The van der Waals surface area contributed by atoms with Crippen molar-refractivity contribution in [2.24, 2.45) is 0 Å². The van der Waals surface area contributed by atoms with Gasteiger partial charge in [-0.15, -0.1) is 0 Å². The Morgan fingerprint density at radius 3 is 2.44 bits per heavy atom. The minimum atomic E-state index is -3.71. The lowest BCUT2D eigenvalue weighted by molar-refractivity contribution is -0.142. The molecule has 0 saturated carbocycles. The molecule has 2 aromatic carbocycles. The number of carbonyl (C=O) groups excluding carboxylic acids is 2. The molecule has 34 heavy (non-hydrogen) atoms. The second kappa shape index (κ2) is 8.92. The summed E-state index contributed by atoms with van der Waals surface area (Å²) >= 11 is 0. The quantitative estimate of drug-likeness (QED) is 0.656. The number of ether oxygens (including phenoxy) is 2. The zero-order chi connectivity index (χ0) is 23.9. The van der Waals surface area contributed by atoms with Crippen molar-refractivity contribution in [3.8, 4) is 11.5 Å². The normalized spacial score (nSPS) is 20.6. The highest BCUT2D eigenvalue weighted by Crippen LogP contribution is 2.32. The topological polar surface area (TPSA) is 96.5 Å². The molecule has 3 aliphatic heterocycles. The van der Waals surface area contributed by atoms with Gasteiger partial charge in [0.2, 0.25) is 22.0 Å². The number of nitrogens with zero attached hydrogens (tertiary/aromatic N) is 3. The highest BCUT2D eigenvalue weighted by atomic mass is 32.2. The molecule has 0 aliphatic carbocycles. The van der Waals surface area contributed by atoms with Crippen LogP contribution in [-0.4, -0.2) is 74.9 Å². The fourth-order valence-electron chi connectivity index (χ4n) is 4.70. The first-order chi connectivity index (χ1) is 16.3. The molecule has 3 heterocycles. The Labute approximate surface area is 198 Å². The lowest BCUT2D eigenvalue weighted by atomic mass is 10.0. The van der Waals surface area contributed by atoms with Crippen LogP contribution in [0.4, 0.5) is 5.69 Å². The number of sulfonamides is 1. The number of benzene rings is 2. The van der Waals surface area contributed by atoms with Crippen molar-refractivity contribution >= 4 is 27.5 Å². The molecule has 0 aromatic heterocycles. The van der Waals surface area contributed by atoms with E-state index >= 15 is 0 Å². The summed E-state index contributed by atoms with van der Waals surface area (Å²) < 4.78 is 39.5. The summed E-state index contributed by atoms with van der Waals surface area (Å²) in [6.45, 7) is 3.26. The monoisotopic (exact) mass is 485 g/mol. The van der Waals surface area contributed by atoms with Crippen LogP contribution in [0.15, 0.2) is 47.4 Å². The van der Waals surface area contributed by atoms with Gasteiger partial charge in [-0.1, -0.05) is 12.1 Å². The van der Waals surface area contributed by atoms with E-state index in [1.54, 1.807) is 40.1 Å². The Morgan fingerprint density at radius 1 is 0.971 bits per heavy atom. The Kier molecular flexibility index (Phi) is 5.95. The number of rotatable bonds is 3. The van der Waals surface area contributed by atoms with E-state index in [2.05, 4.69) is 0 Å². The smallest absolute Gasteiger partial charge is 0.267 e. The molecule has 5 rings (SSSR count). The predicted octanol–water partition coefficient (Wildman–Crippen LogP) is 1.66. The summed E-state index contributed by atoms with van der Waals surface area (Å²) in [5.41, 5.74) is 1.65. The van der Waals surface area contributed by atoms with Gasteiger partial charge < -0.3 is 19.3 Å². The van der Waals surface area contributed by atoms with E-state index in [9.17, 15) is 18.0 Å². The third kappa shape index (κ3) is 4.12. The highest BCUT2D eigenvalue weighted by Gasteiger charge is 2.36. The van der Waals surface area contributed by atoms with Crippen LogP contribution in [0.5, 0.6) is 11.5 Å². The summed E-state index contributed by atoms with van der Waals surface area (Å²) in [5, 5.41) is 0. The molecule has 0 spiro atoms. The first-order valence-corrected chi connectivity index (χ1v) is 12.9. The Hall–Kier alpha value is -3.11. The van der Waals surface area contributed by atoms with Crippen LogP contribution in [0.2, 0.25) is 0 Å². The summed E-state index contributed by atoms with van der Waals surface area (Å²) in [6.07, 6.45) is 0.786. The van der Waals surface area contributed by atoms with Gasteiger partial charge in [0.25, 0.3) is 5.91 Å². The number of fused-ring (bicyclic) bond motifs is 2. The zero-order valence-corrected chi connectivity index (χ0v) is 19.8. The minimum absolute atomic E-state index is 0.0480. The maximum absolute atomic E-state index is 13.3. The maximum Gasteiger partial charge on any atom is 0.267 e. The van der Waals surface area contributed by atoms with Crippen LogP contribution in [0, 0.1) is 0 Å². The van der Waals surface area contributed by atoms with Gasteiger partial charge in [0.1, 0.15) is 6.61 Å². The van der Waals surface area contributed by atoms with Crippen LogP contribution in [0.1, 0.15) is 18.9 Å². The first kappa shape index (κ1) is 22.7. The second-order valence-corrected chi connectivity index (χ2v) is 10.6. The number of para-hydroxylation sites is 2. The van der Waals surface area contributed by atoms with Gasteiger partial charge in [0.05, 0.1) is 4.90 Å².